The van der Waals surface area contributed by atoms with Gasteiger partial charge in [0.05, 0.1) is 0 Å². The lowest BCUT2D eigenvalue weighted by molar-refractivity contribution is -0.148. The smallest absolute Gasteiger partial charge is 0.331 e. The topological polar surface area (TPSA) is 93.8 Å². The van der Waals surface area contributed by atoms with E-state index in [9.17, 15) is 9.90 Å². The first-order valence-corrected chi connectivity index (χ1v) is 6.99. The molecule has 0 aliphatic heterocycles. The van der Waals surface area contributed by atoms with Crippen molar-refractivity contribution in [3.63, 3.8) is 0 Å². The van der Waals surface area contributed by atoms with Crippen molar-refractivity contribution in [3.8, 4) is 11.5 Å². The van der Waals surface area contributed by atoms with Crippen LogP contribution in [0.4, 0.5) is 0 Å². The number of carboxylic acids is 1. The molecule has 7 nitrogen and oxygen atoms in total. The molecule has 20 heavy (non-hydrogen) atoms. The van der Waals surface area contributed by atoms with Gasteiger partial charge in [-0.25, -0.2) is 9.48 Å². The summed E-state index contributed by atoms with van der Waals surface area (Å²) in [4.78, 5) is 15.9. The molecule has 106 valence electrons. The van der Waals surface area contributed by atoms with Gasteiger partial charge in [0, 0.05) is 10.7 Å². The predicted octanol–water partition coefficient (Wildman–Crippen LogP) is 2.10. The van der Waals surface area contributed by atoms with E-state index in [1.54, 1.807) is 26.1 Å². The van der Waals surface area contributed by atoms with Crippen LogP contribution in [0.25, 0.3) is 11.5 Å². The van der Waals surface area contributed by atoms with Crippen LogP contribution in [0.1, 0.15) is 26.7 Å². The van der Waals surface area contributed by atoms with E-state index in [1.807, 2.05) is 6.07 Å². The minimum atomic E-state index is -1.17. The molecule has 0 fully saturated rings. The van der Waals surface area contributed by atoms with Gasteiger partial charge in [0.1, 0.15) is 5.69 Å². The van der Waals surface area contributed by atoms with Crippen molar-refractivity contribution in [3.05, 3.63) is 22.8 Å². The number of hydrogen-bond acceptors (Lipinski definition) is 5. The Labute approximate surface area is 124 Å². The Morgan fingerprint density at radius 1 is 1.45 bits per heavy atom. The van der Waals surface area contributed by atoms with Gasteiger partial charge in [-0.2, -0.15) is 0 Å². The lowest BCUT2D eigenvalue weighted by Crippen LogP contribution is -2.42. The fraction of sp³-hybridized carbons (Fsp3) is 0.417. The van der Waals surface area contributed by atoms with E-state index in [4.69, 9.17) is 0 Å². The van der Waals surface area contributed by atoms with Crippen molar-refractivity contribution >= 4 is 21.9 Å². The van der Waals surface area contributed by atoms with Crippen molar-refractivity contribution in [2.45, 2.75) is 32.2 Å². The Kier molecular flexibility index (Phi) is 4.12. The monoisotopic (exact) mass is 339 g/mol. The molecule has 2 rings (SSSR count). The first kappa shape index (κ1) is 14.6. The fourth-order valence-electron chi connectivity index (χ4n) is 2.12. The highest BCUT2D eigenvalue weighted by Crippen LogP contribution is 2.31. The van der Waals surface area contributed by atoms with Crippen molar-refractivity contribution < 1.29 is 9.90 Å². The average molecular weight is 340 g/mol. The number of halogens is 1. The van der Waals surface area contributed by atoms with Gasteiger partial charge >= 0.3 is 5.97 Å². The molecule has 1 N–H and O–H groups in total. The zero-order chi connectivity index (χ0) is 14.8. The Balaban J connectivity index is 2.64. The van der Waals surface area contributed by atoms with Crippen LogP contribution in [-0.2, 0) is 10.3 Å². The first-order valence-electron chi connectivity index (χ1n) is 6.20. The SMILES string of the molecule is CCC(CC)(C(=O)O)n1nnnc1-c1ncccc1Br. The van der Waals surface area contributed by atoms with E-state index in [2.05, 4.69) is 36.4 Å². The van der Waals surface area contributed by atoms with Crippen LogP contribution < -0.4 is 0 Å². The van der Waals surface area contributed by atoms with Gasteiger partial charge < -0.3 is 5.11 Å². The zero-order valence-electron chi connectivity index (χ0n) is 11.1. The number of carbonyl (C=O) groups is 1. The van der Waals surface area contributed by atoms with Crippen LogP contribution in [0.5, 0.6) is 0 Å². The van der Waals surface area contributed by atoms with Crippen LogP contribution >= 0.6 is 15.9 Å². The number of pyridine rings is 1. The summed E-state index contributed by atoms with van der Waals surface area (Å²) in [5.74, 6) is -0.619. The third-order valence-corrected chi connectivity index (χ3v) is 4.05. The van der Waals surface area contributed by atoms with Gasteiger partial charge in [-0.15, -0.1) is 5.10 Å². The maximum absolute atomic E-state index is 11.7. The fourth-order valence-corrected chi connectivity index (χ4v) is 2.55. The molecule has 2 aromatic rings. The Hall–Kier alpha value is -1.83. The molecule has 0 bridgehead atoms. The Morgan fingerprint density at radius 3 is 2.70 bits per heavy atom. The quantitative estimate of drug-likeness (QED) is 0.896. The normalized spacial score (nSPS) is 11.6. The standard InChI is InChI=1S/C12H14BrN5O2/c1-3-12(4-2,11(19)20)18-10(15-16-17-18)9-8(13)6-5-7-14-9/h5-7H,3-4H2,1-2H3,(H,19,20). The first-order chi connectivity index (χ1) is 9.56. The van der Waals surface area contributed by atoms with Crippen LogP contribution in [-0.4, -0.2) is 36.3 Å². The van der Waals surface area contributed by atoms with E-state index < -0.39 is 11.5 Å². The molecule has 8 heteroatoms. The van der Waals surface area contributed by atoms with Crippen LogP contribution in [0.15, 0.2) is 22.8 Å². The molecule has 0 spiro atoms. The minimum absolute atomic E-state index is 0.337. The highest BCUT2D eigenvalue weighted by molar-refractivity contribution is 9.10. The minimum Gasteiger partial charge on any atom is -0.479 e. The molecular formula is C12H14BrN5O2. The summed E-state index contributed by atoms with van der Waals surface area (Å²) in [6.07, 6.45) is 2.36. The van der Waals surface area contributed by atoms with Crippen molar-refractivity contribution in [2.75, 3.05) is 0 Å². The highest BCUT2D eigenvalue weighted by atomic mass is 79.9. The zero-order valence-corrected chi connectivity index (χ0v) is 12.7. The molecule has 0 saturated heterocycles. The van der Waals surface area contributed by atoms with Crippen molar-refractivity contribution in [2.24, 2.45) is 0 Å². The van der Waals surface area contributed by atoms with Crippen molar-refractivity contribution in [1.29, 1.82) is 0 Å². The molecule has 0 saturated carbocycles. The van der Waals surface area contributed by atoms with Crippen LogP contribution in [0, 0.1) is 0 Å². The third kappa shape index (κ3) is 2.20. The average Bonchev–Trinajstić information content (AvgIpc) is 2.91. The molecule has 0 atom stereocenters. The molecule has 0 aliphatic rings. The van der Waals surface area contributed by atoms with E-state index in [0.29, 0.717) is 28.8 Å². The van der Waals surface area contributed by atoms with Crippen LogP contribution in [0.2, 0.25) is 0 Å². The molecule has 0 aliphatic carbocycles. The maximum atomic E-state index is 11.7. The van der Waals surface area contributed by atoms with E-state index in [-0.39, 0.29) is 0 Å². The molecule has 0 aromatic carbocycles. The summed E-state index contributed by atoms with van der Waals surface area (Å²) in [6.45, 7) is 3.60. The predicted molar refractivity (Wildman–Crippen MR) is 74.9 cm³/mol. The van der Waals surface area contributed by atoms with Crippen LogP contribution in [0.3, 0.4) is 0 Å². The summed E-state index contributed by atoms with van der Waals surface area (Å²) >= 11 is 3.38. The van der Waals surface area contributed by atoms with E-state index in [0.717, 1.165) is 0 Å². The number of rotatable bonds is 5. The second-order valence-corrected chi connectivity index (χ2v) is 5.15. The lowest BCUT2D eigenvalue weighted by atomic mass is 9.93. The largest absolute Gasteiger partial charge is 0.479 e. The summed E-state index contributed by atoms with van der Waals surface area (Å²) < 4.78 is 2.06. The molecule has 0 radical (unpaired) electrons. The number of aliphatic carboxylic acids is 1. The Bertz CT molecular complexity index is 624. The number of nitrogens with zero attached hydrogens (tertiary/aromatic N) is 5. The molecular weight excluding hydrogens is 326 g/mol. The summed E-state index contributed by atoms with van der Waals surface area (Å²) in [5, 5.41) is 21.0. The number of carboxylic acid groups (broad SMARTS) is 1. The van der Waals surface area contributed by atoms with Crippen molar-refractivity contribution in [1.82, 2.24) is 25.2 Å². The van der Waals surface area contributed by atoms with Gasteiger partial charge in [0.25, 0.3) is 0 Å². The second-order valence-electron chi connectivity index (χ2n) is 4.29. The summed E-state index contributed by atoms with van der Waals surface area (Å²) in [6, 6.07) is 3.58. The molecule has 2 aromatic heterocycles. The summed E-state index contributed by atoms with van der Waals surface area (Å²) in [7, 11) is 0. The number of aromatic nitrogens is 5. The highest BCUT2D eigenvalue weighted by Gasteiger charge is 2.41. The van der Waals surface area contributed by atoms with Gasteiger partial charge in [-0.1, -0.05) is 13.8 Å². The Morgan fingerprint density at radius 2 is 2.15 bits per heavy atom. The van der Waals surface area contributed by atoms with E-state index in [1.165, 1.54) is 4.68 Å². The van der Waals surface area contributed by atoms with Gasteiger partial charge in [-0.3, -0.25) is 4.98 Å². The summed E-state index contributed by atoms with van der Waals surface area (Å²) in [5.41, 5.74) is -0.652. The molecule has 2 heterocycles. The molecule has 0 unspecified atom stereocenters. The number of hydrogen-bond donors (Lipinski definition) is 1. The second kappa shape index (κ2) is 5.66. The lowest BCUT2D eigenvalue weighted by Gasteiger charge is -2.27. The maximum Gasteiger partial charge on any atom is 0.331 e. The third-order valence-electron chi connectivity index (χ3n) is 3.41. The van der Waals surface area contributed by atoms with Gasteiger partial charge in [0.15, 0.2) is 5.54 Å². The number of tetrazole rings is 1. The van der Waals surface area contributed by atoms with E-state index >= 15 is 0 Å². The van der Waals surface area contributed by atoms with Gasteiger partial charge in [0.2, 0.25) is 5.82 Å². The molecule has 0 amide bonds. The van der Waals surface area contributed by atoms with Gasteiger partial charge in [-0.05, 0) is 51.3 Å².